The van der Waals surface area contributed by atoms with Crippen molar-refractivity contribution in [3.8, 4) is 0 Å². The topological polar surface area (TPSA) is 58.6 Å². The van der Waals surface area contributed by atoms with E-state index in [-0.39, 0.29) is 31.9 Å². The average Bonchev–Trinajstić information content (AvgIpc) is 2.76. The Morgan fingerprint density at radius 1 is 1.52 bits per heavy atom. The lowest BCUT2D eigenvalue weighted by Gasteiger charge is -2.11. The molecule has 1 heterocycles. The fourth-order valence-electron chi connectivity index (χ4n) is 2.64. The molecule has 2 aliphatic rings. The highest BCUT2D eigenvalue weighted by atomic mass is 19.3. The molecule has 1 aliphatic carbocycles. The summed E-state index contributed by atoms with van der Waals surface area (Å²) in [5.74, 6) is -2.90. The number of benzene rings is 1. The summed E-state index contributed by atoms with van der Waals surface area (Å²) < 4.78 is 31.2. The van der Waals surface area contributed by atoms with Crippen molar-refractivity contribution in [1.82, 2.24) is 5.32 Å². The predicted octanol–water partition coefficient (Wildman–Crippen LogP) is 1.07. The zero-order valence-electron chi connectivity index (χ0n) is 11.7. The highest BCUT2D eigenvalue weighted by molar-refractivity contribution is 6.61. The van der Waals surface area contributed by atoms with Crippen LogP contribution in [0.15, 0.2) is 18.2 Å². The zero-order valence-corrected chi connectivity index (χ0v) is 11.7. The van der Waals surface area contributed by atoms with Gasteiger partial charge in [0.05, 0.1) is 6.61 Å². The van der Waals surface area contributed by atoms with E-state index in [1.54, 1.807) is 18.2 Å². The van der Waals surface area contributed by atoms with Gasteiger partial charge in [-0.05, 0) is 29.6 Å². The number of halogens is 2. The Balaban J connectivity index is 1.57. The van der Waals surface area contributed by atoms with Crippen molar-refractivity contribution in [3.05, 3.63) is 29.3 Å². The lowest BCUT2D eigenvalue weighted by atomic mass is 9.79. The van der Waals surface area contributed by atoms with E-state index in [0.29, 0.717) is 11.0 Å². The molecule has 1 aromatic carbocycles. The normalized spacial score (nSPS) is 25.6. The Hall–Kier alpha value is -1.47. The number of amides is 1. The van der Waals surface area contributed by atoms with Gasteiger partial charge in [-0.2, -0.15) is 0 Å². The highest BCUT2D eigenvalue weighted by Gasteiger charge is 2.66. The molecule has 1 amide bonds. The predicted molar refractivity (Wildman–Crippen MR) is 73.5 cm³/mol. The minimum absolute atomic E-state index is 0.107. The van der Waals surface area contributed by atoms with Crippen molar-refractivity contribution in [2.24, 2.45) is 5.41 Å². The van der Waals surface area contributed by atoms with Crippen LogP contribution >= 0.6 is 0 Å². The van der Waals surface area contributed by atoms with Crippen molar-refractivity contribution >= 4 is 18.5 Å². The number of carbonyl (C=O) groups is 1. The van der Waals surface area contributed by atoms with Gasteiger partial charge in [-0.1, -0.05) is 13.0 Å². The first-order chi connectivity index (χ1) is 9.82. The van der Waals surface area contributed by atoms with Crippen molar-refractivity contribution in [2.75, 3.05) is 6.54 Å². The molecule has 1 unspecified atom stereocenters. The van der Waals surface area contributed by atoms with E-state index in [4.69, 9.17) is 4.65 Å². The summed E-state index contributed by atoms with van der Waals surface area (Å²) in [6.07, 6.45) is 0.155. The van der Waals surface area contributed by atoms with Gasteiger partial charge < -0.3 is 15.0 Å². The van der Waals surface area contributed by atoms with Crippen LogP contribution in [0.5, 0.6) is 0 Å². The monoisotopic (exact) mass is 295 g/mol. The molecule has 7 heteroatoms. The van der Waals surface area contributed by atoms with Gasteiger partial charge in [0.1, 0.15) is 0 Å². The van der Waals surface area contributed by atoms with Gasteiger partial charge in [0.15, 0.2) is 0 Å². The van der Waals surface area contributed by atoms with Crippen LogP contribution in [-0.2, 0) is 11.3 Å². The van der Waals surface area contributed by atoms with Gasteiger partial charge in [0.2, 0.25) is 0 Å². The van der Waals surface area contributed by atoms with Crippen LogP contribution in [-0.4, -0.2) is 30.5 Å². The fourth-order valence-corrected chi connectivity index (χ4v) is 2.64. The molecule has 112 valence electrons. The van der Waals surface area contributed by atoms with Crippen molar-refractivity contribution in [1.29, 1.82) is 0 Å². The summed E-state index contributed by atoms with van der Waals surface area (Å²) in [4.78, 5) is 12.0. The van der Waals surface area contributed by atoms with Gasteiger partial charge in [-0.3, -0.25) is 4.79 Å². The highest BCUT2D eigenvalue weighted by Crippen LogP contribution is 2.62. The minimum atomic E-state index is -2.60. The van der Waals surface area contributed by atoms with Crippen molar-refractivity contribution in [2.45, 2.75) is 32.3 Å². The first-order valence-electron chi connectivity index (χ1n) is 6.91. The molecule has 1 aromatic rings. The third-order valence-corrected chi connectivity index (χ3v) is 4.40. The van der Waals surface area contributed by atoms with Crippen LogP contribution in [0, 0.1) is 5.41 Å². The lowest BCUT2D eigenvalue weighted by molar-refractivity contribution is 0.0660. The largest absolute Gasteiger partial charge is 0.491 e. The maximum Gasteiger partial charge on any atom is 0.491 e. The van der Waals surface area contributed by atoms with E-state index in [2.05, 4.69) is 5.32 Å². The SMILES string of the molecule is CC1(CCNC(=O)c2ccc3c(c2)COB3O)CC1(F)F. The number of rotatable bonds is 4. The third-order valence-electron chi connectivity index (χ3n) is 4.40. The second-order valence-electron chi connectivity index (χ2n) is 6.02. The van der Waals surface area contributed by atoms with E-state index in [1.807, 2.05) is 0 Å². The maximum atomic E-state index is 13.1. The second-order valence-corrected chi connectivity index (χ2v) is 6.02. The maximum absolute atomic E-state index is 13.1. The van der Waals surface area contributed by atoms with E-state index >= 15 is 0 Å². The molecule has 1 aliphatic heterocycles. The van der Waals surface area contributed by atoms with Gasteiger partial charge in [0, 0.05) is 23.9 Å². The summed E-state index contributed by atoms with van der Waals surface area (Å²) in [5.41, 5.74) is 0.905. The average molecular weight is 295 g/mol. The molecule has 1 atom stereocenters. The van der Waals surface area contributed by atoms with Crippen molar-refractivity contribution < 1.29 is 23.3 Å². The van der Waals surface area contributed by atoms with Crippen LogP contribution in [0.25, 0.3) is 0 Å². The molecule has 0 radical (unpaired) electrons. The van der Waals surface area contributed by atoms with Crippen LogP contribution in [0.1, 0.15) is 35.7 Å². The first kappa shape index (κ1) is 14.5. The molecule has 3 rings (SSSR count). The summed E-state index contributed by atoms with van der Waals surface area (Å²) in [5, 5.41) is 12.2. The van der Waals surface area contributed by atoms with Gasteiger partial charge in [-0.15, -0.1) is 0 Å². The van der Waals surface area contributed by atoms with E-state index in [9.17, 15) is 18.6 Å². The quantitative estimate of drug-likeness (QED) is 0.817. The molecular formula is C14H16BF2NO3. The molecule has 0 spiro atoms. The van der Waals surface area contributed by atoms with Crippen LogP contribution in [0.3, 0.4) is 0 Å². The molecule has 1 fully saturated rings. The number of carbonyl (C=O) groups excluding carboxylic acids is 1. The summed E-state index contributed by atoms with van der Waals surface area (Å²) >= 11 is 0. The molecule has 1 saturated carbocycles. The number of nitrogens with one attached hydrogen (secondary N) is 1. The van der Waals surface area contributed by atoms with Gasteiger partial charge in [-0.25, -0.2) is 8.78 Å². The Labute approximate surface area is 121 Å². The molecule has 21 heavy (non-hydrogen) atoms. The number of fused-ring (bicyclic) bond motifs is 1. The summed E-state index contributed by atoms with van der Waals surface area (Å²) in [7, 11) is -0.936. The lowest BCUT2D eigenvalue weighted by Crippen LogP contribution is -2.30. The number of hydrogen-bond acceptors (Lipinski definition) is 3. The second kappa shape index (κ2) is 4.78. The van der Waals surface area contributed by atoms with Crippen LogP contribution < -0.4 is 10.8 Å². The Morgan fingerprint density at radius 2 is 2.24 bits per heavy atom. The number of hydrogen-bond donors (Lipinski definition) is 2. The standard InChI is InChI=1S/C14H16BF2NO3/c1-13(8-14(13,16)17)4-5-18-12(19)9-2-3-11-10(6-9)7-21-15(11)20/h2-3,6,20H,4-5,7-8H2,1H3,(H,18,19). The van der Waals surface area contributed by atoms with Crippen LogP contribution in [0.2, 0.25) is 0 Å². The summed E-state index contributed by atoms with van der Waals surface area (Å²) in [6, 6.07) is 4.91. The molecule has 0 aromatic heterocycles. The molecule has 0 bridgehead atoms. The Bertz CT molecular complexity index is 596. The van der Waals surface area contributed by atoms with Crippen LogP contribution in [0.4, 0.5) is 8.78 Å². The third kappa shape index (κ3) is 2.56. The zero-order chi connectivity index (χ0) is 15.3. The molecular weight excluding hydrogens is 279 g/mol. The van der Waals surface area contributed by atoms with E-state index in [0.717, 1.165) is 5.56 Å². The number of alkyl halides is 2. The molecule has 4 nitrogen and oxygen atoms in total. The minimum Gasteiger partial charge on any atom is -0.423 e. The Kier molecular flexibility index (Phi) is 3.29. The van der Waals surface area contributed by atoms with Gasteiger partial charge >= 0.3 is 7.12 Å². The van der Waals surface area contributed by atoms with Gasteiger partial charge in [0.25, 0.3) is 11.8 Å². The van der Waals surface area contributed by atoms with E-state index in [1.165, 1.54) is 6.92 Å². The Morgan fingerprint density at radius 3 is 2.90 bits per heavy atom. The smallest absolute Gasteiger partial charge is 0.423 e. The summed E-state index contributed by atoms with van der Waals surface area (Å²) in [6.45, 7) is 2.02. The van der Waals surface area contributed by atoms with Crippen molar-refractivity contribution in [3.63, 3.8) is 0 Å². The van der Waals surface area contributed by atoms with E-state index < -0.39 is 18.5 Å². The fraction of sp³-hybridized carbons (Fsp3) is 0.500. The molecule has 2 N–H and O–H groups in total. The molecule has 0 saturated heterocycles. The first-order valence-corrected chi connectivity index (χ1v) is 6.91.